The van der Waals surface area contributed by atoms with Crippen LogP contribution in [0.1, 0.15) is 37.4 Å². The summed E-state index contributed by atoms with van der Waals surface area (Å²) in [6.45, 7) is 4.39. The summed E-state index contributed by atoms with van der Waals surface area (Å²) in [5.41, 5.74) is 2.90. The van der Waals surface area contributed by atoms with Crippen LogP contribution in [0.4, 0.5) is 0 Å². The zero-order valence-corrected chi connectivity index (χ0v) is 16.4. The van der Waals surface area contributed by atoms with Crippen LogP contribution < -0.4 is 4.74 Å². The van der Waals surface area contributed by atoms with Crippen molar-refractivity contribution < 1.29 is 14.3 Å². The number of nitrogens with one attached hydrogen (secondary N) is 1. The van der Waals surface area contributed by atoms with E-state index in [0.29, 0.717) is 11.8 Å². The lowest BCUT2D eigenvalue weighted by atomic mass is 9.56. The number of rotatable bonds is 3. The molecule has 4 aliphatic rings. The third-order valence-electron chi connectivity index (χ3n) is 7.37. The van der Waals surface area contributed by atoms with E-state index < -0.39 is 5.41 Å². The molecule has 1 N–H and O–H groups in total. The molecular formula is C22H28N2O3. The number of hydrogen-bond acceptors (Lipinski definition) is 4. The standard InChI is InChI=1S/C22H28N2O3/c1-4-14-9-13-11-22(21(25)27-3)19-16(7-8-24(12-13)20(14)22)17-10-15(26-2)5-6-18(17)23-19/h5-6,10,13-14,20,23H,4,7-9,11-12H2,1-3H3/t13?,14?,20?,22-/m1/s1. The number of esters is 1. The third kappa shape index (κ3) is 2.18. The molecule has 5 nitrogen and oxygen atoms in total. The maximum atomic E-state index is 13.4. The fourth-order valence-electron chi connectivity index (χ4n) is 6.42. The SMILES string of the molecule is CCC1CC2CN3CCc4c([nH]c5ccc(OC)cc45)[C@](C(=O)OC)(C2)C13. The van der Waals surface area contributed by atoms with Crippen LogP contribution in [0.25, 0.3) is 10.9 Å². The summed E-state index contributed by atoms with van der Waals surface area (Å²) in [7, 11) is 3.24. The van der Waals surface area contributed by atoms with Crippen LogP contribution in [0.2, 0.25) is 0 Å². The molecule has 5 heteroatoms. The van der Waals surface area contributed by atoms with Gasteiger partial charge in [0.25, 0.3) is 0 Å². The van der Waals surface area contributed by atoms with E-state index >= 15 is 0 Å². The molecule has 1 saturated carbocycles. The van der Waals surface area contributed by atoms with Crippen LogP contribution in [-0.2, 0) is 21.4 Å². The number of aromatic nitrogens is 1. The zero-order chi connectivity index (χ0) is 18.8. The first kappa shape index (κ1) is 17.1. The van der Waals surface area contributed by atoms with Crippen molar-refractivity contribution in [3.8, 4) is 5.75 Å². The molecule has 0 radical (unpaired) electrons. The number of aromatic amines is 1. The molecule has 2 aromatic rings. The maximum absolute atomic E-state index is 13.4. The molecule has 1 aromatic heterocycles. The van der Waals surface area contributed by atoms with Gasteiger partial charge < -0.3 is 14.5 Å². The predicted molar refractivity (Wildman–Crippen MR) is 104 cm³/mol. The molecule has 4 bridgehead atoms. The summed E-state index contributed by atoms with van der Waals surface area (Å²) in [6, 6.07) is 6.40. The van der Waals surface area contributed by atoms with Gasteiger partial charge in [-0.3, -0.25) is 9.69 Å². The second kappa shape index (κ2) is 5.99. The van der Waals surface area contributed by atoms with Crippen molar-refractivity contribution >= 4 is 16.9 Å². The summed E-state index contributed by atoms with van der Waals surface area (Å²) in [5, 5.41) is 1.19. The number of piperidine rings is 2. The Kier molecular flexibility index (Phi) is 3.80. The first-order valence-corrected chi connectivity index (χ1v) is 10.1. The van der Waals surface area contributed by atoms with E-state index in [-0.39, 0.29) is 12.0 Å². The van der Waals surface area contributed by atoms with E-state index in [0.717, 1.165) is 49.3 Å². The Bertz CT molecular complexity index is 904. The summed E-state index contributed by atoms with van der Waals surface area (Å²) >= 11 is 0. The predicted octanol–water partition coefficient (Wildman–Crippen LogP) is 3.26. The average Bonchev–Trinajstić information content (AvgIpc) is 3.04. The van der Waals surface area contributed by atoms with E-state index in [1.54, 1.807) is 14.2 Å². The Hall–Kier alpha value is -2.01. The Labute approximate surface area is 160 Å². The van der Waals surface area contributed by atoms with Crippen molar-refractivity contribution in [1.29, 1.82) is 0 Å². The molecule has 1 aromatic carbocycles. The van der Waals surface area contributed by atoms with Crippen molar-refractivity contribution in [3.05, 3.63) is 29.5 Å². The second-order valence-corrected chi connectivity index (χ2v) is 8.52. The van der Waals surface area contributed by atoms with Gasteiger partial charge in [0.15, 0.2) is 0 Å². The minimum absolute atomic E-state index is 0.0676. The number of carbonyl (C=O) groups is 1. The highest BCUT2D eigenvalue weighted by atomic mass is 16.5. The largest absolute Gasteiger partial charge is 0.497 e. The first-order valence-electron chi connectivity index (χ1n) is 10.1. The molecule has 6 rings (SSSR count). The molecule has 144 valence electrons. The molecule has 3 aliphatic heterocycles. The molecule has 0 amide bonds. The lowest BCUT2D eigenvalue weighted by Gasteiger charge is -2.57. The molecule has 27 heavy (non-hydrogen) atoms. The van der Waals surface area contributed by atoms with Gasteiger partial charge in [0.2, 0.25) is 0 Å². The molecular weight excluding hydrogens is 340 g/mol. The number of ether oxygens (including phenoxy) is 2. The third-order valence-corrected chi connectivity index (χ3v) is 7.37. The van der Waals surface area contributed by atoms with Crippen molar-refractivity contribution in [2.45, 2.75) is 44.1 Å². The van der Waals surface area contributed by atoms with Gasteiger partial charge in [-0.1, -0.05) is 13.3 Å². The van der Waals surface area contributed by atoms with Gasteiger partial charge >= 0.3 is 5.97 Å². The van der Waals surface area contributed by atoms with Crippen LogP contribution in [0.15, 0.2) is 18.2 Å². The van der Waals surface area contributed by atoms with Crippen LogP contribution in [0.3, 0.4) is 0 Å². The lowest BCUT2D eigenvalue weighted by Crippen LogP contribution is -2.67. The summed E-state index contributed by atoms with van der Waals surface area (Å²) in [6.07, 6.45) is 4.20. The first-order chi connectivity index (χ1) is 13.1. The number of carbonyl (C=O) groups excluding carboxylic acids is 1. The van der Waals surface area contributed by atoms with Crippen LogP contribution in [0.5, 0.6) is 5.75 Å². The second-order valence-electron chi connectivity index (χ2n) is 8.52. The zero-order valence-electron chi connectivity index (χ0n) is 16.4. The molecule has 0 spiro atoms. The molecule has 5 atom stereocenters. The smallest absolute Gasteiger partial charge is 0.319 e. The van der Waals surface area contributed by atoms with Gasteiger partial charge in [-0.15, -0.1) is 0 Å². The molecule has 2 saturated heterocycles. The minimum atomic E-state index is -0.575. The summed E-state index contributed by atoms with van der Waals surface area (Å²) in [4.78, 5) is 19.6. The number of fused-ring (bicyclic) bond motifs is 4. The maximum Gasteiger partial charge on any atom is 0.319 e. The number of hydrogen-bond donors (Lipinski definition) is 1. The normalized spacial score (nSPS) is 34.2. The van der Waals surface area contributed by atoms with E-state index in [9.17, 15) is 4.79 Å². The van der Waals surface area contributed by atoms with Crippen molar-refractivity contribution in [2.24, 2.45) is 11.8 Å². The summed E-state index contributed by atoms with van der Waals surface area (Å²) in [5.74, 6) is 1.90. The lowest BCUT2D eigenvalue weighted by molar-refractivity contribution is -0.162. The van der Waals surface area contributed by atoms with Crippen molar-refractivity contribution in [2.75, 3.05) is 27.3 Å². The van der Waals surface area contributed by atoms with E-state index in [2.05, 4.69) is 28.9 Å². The van der Waals surface area contributed by atoms with E-state index in [4.69, 9.17) is 9.47 Å². The number of H-pyrrole nitrogens is 1. The fraction of sp³-hybridized carbons (Fsp3) is 0.591. The molecule has 4 unspecified atom stereocenters. The molecule has 3 fully saturated rings. The fourth-order valence-corrected chi connectivity index (χ4v) is 6.42. The van der Waals surface area contributed by atoms with Gasteiger partial charge in [-0.2, -0.15) is 0 Å². The van der Waals surface area contributed by atoms with Gasteiger partial charge in [0.1, 0.15) is 11.2 Å². The topological polar surface area (TPSA) is 54.6 Å². The monoisotopic (exact) mass is 368 g/mol. The van der Waals surface area contributed by atoms with Gasteiger partial charge in [-0.25, -0.2) is 0 Å². The highest BCUT2D eigenvalue weighted by molar-refractivity contribution is 5.92. The van der Waals surface area contributed by atoms with Crippen molar-refractivity contribution in [1.82, 2.24) is 9.88 Å². The highest BCUT2D eigenvalue weighted by Crippen LogP contribution is 2.55. The Morgan fingerprint density at radius 1 is 1.37 bits per heavy atom. The quantitative estimate of drug-likeness (QED) is 0.845. The van der Waals surface area contributed by atoms with Crippen LogP contribution in [-0.4, -0.2) is 49.2 Å². The highest BCUT2D eigenvalue weighted by Gasteiger charge is 2.62. The molecule has 4 heterocycles. The van der Waals surface area contributed by atoms with Gasteiger partial charge in [-0.05, 0) is 54.9 Å². The Balaban J connectivity index is 1.79. The number of nitrogens with zero attached hydrogens (tertiary/aromatic N) is 1. The summed E-state index contributed by atoms with van der Waals surface area (Å²) < 4.78 is 10.9. The minimum Gasteiger partial charge on any atom is -0.497 e. The number of benzene rings is 1. The average molecular weight is 368 g/mol. The van der Waals surface area contributed by atoms with Gasteiger partial charge in [0, 0.05) is 35.7 Å². The van der Waals surface area contributed by atoms with Gasteiger partial charge in [0.05, 0.1) is 14.2 Å². The van der Waals surface area contributed by atoms with Crippen molar-refractivity contribution in [3.63, 3.8) is 0 Å². The Morgan fingerprint density at radius 2 is 2.22 bits per heavy atom. The Morgan fingerprint density at radius 3 is 2.96 bits per heavy atom. The van der Waals surface area contributed by atoms with Crippen LogP contribution in [0, 0.1) is 11.8 Å². The van der Waals surface area contributed by atoms with E-state index in [1.165, 1.54) is 17.4 Å². The van der Waals surface area contributed by atoms with Crippen LogP contribution >= 0.6 is 0 Å². The molecule has 1 aliphatic carbocycles. The number of methoxy groups -OCH3 is 2. The van der Waals surface area contributed by atoms with E-state index in [1.807, 2.05) is 6.07 Å².